The monoisotopic (exact) mass is 194 g/mol. The standard InChI is InChI=1S/C10H18N4/c1-3-14(4-2)8-9-5-6-12-10(7-11)13-9/h5-6H,3-4,7-8,11H2,1-2H3. The lowest BCUT2D eigenvalue weighted by Crippen LogP contribution is -2.23. The quantitative estimate of drug-likeness (QED) is 0.752. The van der Waals surface area contributed by atoms with E-state index in [1.54, 1.807) is 6.20 Å². The van der Waals surface area contributed by atoms with Crippen LogP contribution in [-0.4, -0.2) is 28.0 Å². The van der Waals surface area contributed by atoms with Crippen LogP contribution in [0.25, 0.3) is 0 Å². The number of nitrogens with zero attached hydrogens (tertiary/aromatic N) is 3. The zero-order valence-corrected chi connectivity index (χ0v) is 8.90. The Morgan fingerprint density at radius 2 is 2.07 bits per heavy atom. The minimum atomic E-state index is 0.409. The molecule has 0 aliphatic rings. The molecule has 0 saturated heterocycles. The smallest absolute Gasteiger partial charge is 0.142 e. The molecule has 1 aromatic rings. The topological polar surface area (TPSA) is 55.0 Å². The molecule has 14 heavy (non-hydrogen) atoms. The number of aromatic nitrogens is 2. The van der Waals surface area contributed by atoms with Crippen LogP contribution in [0.3, 0.4) is 0 Å². The Hall–Kier alpha value is -1.00. The molecule has 0 spiro atoms. The van der Waals surface area contributed by atoms with Gasteiger partial charge in [-0.3, -0.25) is 4.90 Å². The average molecular weight is 194 g/mol. The fraction of sp³-hybridized carbons (Fsp3) is 0.600. The average Bonchev–Trinajstić information content (AvgIpc) is 2.26. The molecule has 78 valence electrons. The second kappa shape index (κ2) is 5.67. The predicted molar refractivity (Wildman–Crippen MR) is 56.5 cm³/mol. The fourth-order valence-corrected chi connectivity index (χ4v) is 1.30. The molecule has 0 fully saturated rings. The molecule has 0 amide bonds. The molecule has 1 rings (SSSR count). The van der Waals surface area contributed by atoms with Crippen LogP contribution in [-0.2, 0) is 13.1 Å². The second-order valence-electron chi connectivity index (χ2n) is 3.13. The summed E-state index contributed by atoms with van der Waals surface area (Å²) >= 11 is 0. The van der Waals surface area contributed by atoms with Gasteiger partial charge in [-0.15, -0.1) is 0 Å². The molecular weight excluding hydrogens is 176 g/mol. The van der Waals surface area contributed by atoms with Gasteiger partial charge < -0.3 is 5.73 Å². The first-order valence-electron chi connectivity index (χ1n) is 5.03. The van der Waals surface area contributed by atoms with Gasteiger partial charge in [0.1, 0.15) is 5.82 Å². The summed E-state index contributed by atoms with van der Waals surface area (Å²) in [5.41, 5.74) is 6.52. The van der Waals surface area contributed by atoms with Gasteiger partial charge in [0.05, 0.1) is 12.2 Å². The Morgan fingerprint density at radius 1 is 1.36 bits per heavy atom. The van der Waals surface area contributed by atoms with E-state index in [2.05, 4.69) is 28.7 Å². The van der Waals surface area contributed by atoms with Gasteiger partial charge in [-0.05, 0) is 19.2 Å². The van der Waals surface area contributed by atoms with Crippen molar-refractivity contribution in [3.8, 4) is 0 Å². The highest BCUT2D eigenvalue weighted by Crippen LogP contribution is 2.00. The summed E-state index contributed by atoms with van der Waals surface area (Å²) in [4.78, 5) is 10.7. The van der Waals surface area contributed by atoms with Crippen molar-refractivity contribution in [1.29, 1.82) is 0 Å². The van der Waals surface area contributed by atoms with Gasteiger partial charge in [0, 0.05) is 12.7 Å². The number of hydrogen-bond acceptors (Lipinski definition) is 4. The third kappa shape index (κ3) is 3.05. The van der Waals surface area contributed by atoms with Crippen molar-refractivity contribution in [2.45, 2.75) is 26.9 Å². The van der Waals surface area contributed by atoms with Crippen molar-refractivity contribution in [3.05, 3.63) is 23.8 Å². The second-order valence-corrected chi connectivity index (χ2v) is 3.13. The van der Waals surface area contributed by atoms with Crippen molar-refractivity contribution in [1.82, 2.24) is 14.9 Å². The molecule has 0 atom stereocenters. The van der Waals surface area contributed by atoms with E-state index >= 15 is 0 Å². The molecule has 4 heteroatoms. The van der Waals surface area contributed by atoms with Crippen LogP contribution >= 0.6 is 0 Å². The molecule has 0 saturated carbocycles. The summed E-state index contributed by atoms with van der Waals surface area (Å²) in [6.45, 7) is 7.66. The highest BCUT2D eigenvalue weighted by atomic mass is 15.1. The largest absolute Gasteiger partial charge is 0.324 e. The van der Waals surface area contributed by atoms with Gasteiger partial charge in [-0.25, -0.2) is 9.97 Å². The molecule has 0 aliphatic heterocycles. The molecule has 0 bridgehead atoms. The van der Waals surface area contributed by atoms with Crippen LogP contribution in [0, 0.1) is 0 Å². The summed E-state index contributed by atoms with van der Waals surface area (Å²) in [5.74, 6) is 0.717. The first-order chi connectivity index (χ1) is 6.80. The maximum Gasteiger partial charge on any atom is 0.142 e. The summed E-state index contributed by atoms with van der Waals surface area (Å²) in [6, 6.07) is 1.94. The van der Waals surface area contributed by atoms with Gasteiger partial charge in [0.15, 0.2) is 0 Å². The maximum atomic E-state index is 5.48. The van der Waals surface area contributed by atoms with Crippen molar-refractivity contribution < 1.29 is 0 Å². The van der Waals surface area contributed by atoms with Gasteiger partial charge in [0.25, 0.3) is 0 Å². The van der Waals surface area contributed by atoms with Crippen molar-refractivity contribution in [3.63, 3.8) is 0 Å². The molecule has 0 aliphatic carbocycles. The van der Waals surface area contributed by atoms with E-state index in [9.17, 15) is 0 Å². The number of nitrogens with two attached hydrogens (primary N) is 1. The van der Waals surface area contributed by atoms with Gasteiger partial charge >= 0.3 is 0 Å². The van der Waals surface area contributed by atoms with Crippen LogP contribution in [0.4, 0.5) is 0 Å². The molecule has 0 unspecified atom stereocenters. The Bertz CT molecular complexity index is 271. The Labute approximate surface area is 85.2 Å². The van der Waals surface area contributed by atoms with E-state index in [0.717, 1.165) is 31.2 Å². The zero-order valence-electron chi connectivity index (χ0n) is 8.90. The van der Waals surface area contributed by atoms with E-state index in [1.807, 2.05) is 6.07 Å². The highest BCUT2D eigenvalue weighted by molar-refractivity contribution is 5.02. The Kier molecular flexibility index (Phi) is 4.49. The van der Waals surface area contributed by atoms with Crippen molar-refractivity contribution in [2.24, 2.45) is 5.73 Å². The number of rotatable bonds is 5. The predicted octanol–water partition coefficient (Wildman–Crippen LogP) is 0.777. The van der Waals surface area contributed by atoms with Gasteiger partial charge in [0.2, 0.25) is 0 Å². The van der Waals surface area contributed by atoms with Gasteiger partial charge in [-0.2, -0.15) is 0 Å². The minimum Gasteiger partial charge on any atom is -0.324 e. The first-order valence-corrected chi connectivity index (χ1v) is 5.03. The van der Waals surface area contributed by atoms with E-state index in [1.165, 1.54) is 0 Å². The maximum absolute atomic E-state index is 5.48. The summed E-state index contributed by atoms with van der Waals surface area (Å²) in [5, 5.41) is 0. The van der Waals surface area contributed by atoms with E-state index in [4.69, 9.17) is 5.73 Å². The molecule has 0 aromatic carbocycles. The van der Waals surface area contributed by atoms with E-state index in [-0.39, 0.29) is 0 Å². The summed E-state index contributed by atoms with van der Waals surface area (Å²) in [7, 11) is 0. The molecule has 1 heterocycles. The molecule has 4 nitrogen and oxygen atoms in total. The minimum absolute atomic E-state index is 0.409. The van der Waals surface area contributed by atoms with Crippen LogP contribution in [0.15, 0.2) is 12.3 Å². The zero-order chi connectivity index (χ0) is 10.4. The van der Waals surface area contributed by atoms with E-state index < -0.39 is 0 Å². The normalized spacial score (nSPS) is 10.9. The Morgan fingerprint density at radius 3 is 2.64 bits per heavy atom. The van der Waals surface area contributed by atoms with Crippen LogP contribution in [0.5, 0.6) is 0 Å². The Balaban J connectivity index is 2.65. The molecular formula is C10H18N4. The van der Waals surface area contributed by atoms with Crippen LogP contribution < -0.4 is 5.73 Å². The fourth-order valence-electron chi connectivity index (χ4n) is 1.30. The third-order valence-corrected chi connectivity index (χ3v) is 2.23. The van der Waals surface area contributed by atoms with Crippen molar-refractivity contribution >= 4 is 0 Å². The van der Waals surface area contributed by atoms with E-state index in [0.29, 0.717) is 6.54 Å². The summed E-state index contributed by atoms with van der Waals surface area (Å²) < 4.78 is 0. The lowest BCUT2D eigenvalue weighted by atomic mass is 10.3. The molecule has 1 aromatic heterocycles. The third-order valence-electron chi connectivity index (χ3n) is 2.23. The molecule has 2 N–H and O–H groups in total. The lowest BCUT2D eigenvalue weighted by molar-refractivity contribution is 0.292. The van der Waals surface area contributed by atoms with Crippen LogP contribution in [0.2, 0.25) is 0 Å². The summed E-state index contributed by atoms with van der Waals surface area (Å²) in [6.07, 6.45) is 1.77. The van der Waals surface area contributed by atoms with Crippen molar-refractivity contribution in [2.75, 3.05) is 13.1 Å². The first kappa shape index (κ1) is 11.1. The lowest BCUT2D eigenvalue weighted by Gasteiger charge is -2.17. The van der Waals surface area contributed by atoms with Gasteiger partial charge in [-0.1, -0.05) is 13.8 Å². The number of hydrogen-bond donors (Lipinski definition) is 1. The highest BCUT2D eigenvalue weighted by Gasteiger charge is 2.02. The van der Waals surface area contributed by atoms with Crippen LogP contribution in [0.1, 0.15) is 25.4 Å². The SMILES string of the molecule is CCN(CC)Cc1ccnc(CN)n1. The molecule has 0 radical (unpaired) electrons.